The van der Waals surface area contributed by atoms with E-state index < -0.39 is 43.5 Å². The fourth-order valence-electron chi connectivity index (χ4n) is 7.97. The molecule has 2 aromatic heterocycles. The zero-order valence-corrected chi connectivity index (χ0v) is 40.8. The quantitative estimate of drug-likeness (QED) is 0.0933. The van der Waals surface area contributed by atoms with Gasteiger partial charge in [0.25, 0.3) is 0 Å². The molecule has 2 N–H and O–H groups in total. The Kier molecular flexibility index (Phi) is 13.9. The summed E-state index contributed by atoms with van der Waals surface area (Å²) >= 11 is 1.30. The molecule has 0 bridgehead atoms. The van der Waals surface area contributed by atoms with Gasteiger partial charge in [-0.15, -0.1) is 10.2 Å². The van der Waals surface area contributed by atoms with Crippen molar-refractivity contribution in [2.24, 2.45) is 0 Å². The lowest BCUT2D eigenvalue weighted by Gasteiger charge is -2.31. The third kappa shape index (κ3) is 10.5. The van der Waals surface area contributed by atoms with Crippen molar-refractivity contribution in [2.45, 2.75) is 63.4 Å². The molecule has 8 rings (SSSR count). The van der Waals surface area contributed by atoms with Gasteiger partial charge < -0.3 is 29.6 Å². The summed E-state index contributed by atoms with van der Waals surface area (Å²) in [6.45, 7) is 5.16. The van der Waals surface area contributed by atoms with Crippen LogP contribution < -0.4 is 24.2 Å². The summed E-state index contributed by atoms with van der Waals surface area (Å²) in [5.41, 5.74) is 8.62. The van der Waals surface area contributed by atoms with Crippen molar-refractivity contribution >= 4 is 59.4 Å². The number of likely N-dealkylation sites (tertiary alicyclic amines) is 1. The Labute approximate surface area is 399 Å². The van der Waals surface area contributed by atoms with Crippen LogP contribution in [0, 0.1) is 0 Å². The maximum absolute atomic E-state index is 16.3. The molecule has 1 aliphatic heterocycles. The number of nitrogens with two attached hydrogens (primary N) is 1. The number of benzene rings is 5. The van der Waals surface area contributed by atoms with E-state index in [4.69, 9.17) is 29.8 Å². The molecule has 1 amide bonds. The number of thiazole rings is 1. The summed E-state index contributed by atoms with van der Waals surface area (Å²) in [5.74, 6) is 1.71. The molecule has 3 heterocycles. The minimum absolute atomic E-state index is 0.00987. The second-order valence-corrected chi connectivity index (χ2v) is 20.8. The topological polar surface area (TPSA) is 214 Å². The Hall–Kier alpha value is -6.81. The number of thiol groups is 1. The molecule has 0 saturated carbocycles. The van der Waals surface area contributed by atoms with E-state index in [9.17, 15) is 13.2 Å². The number of aromatic nitrogens is 5. The third-order valence-corrected chi connectivity index (χ3v) is 14.9. The minimum Gasteiger partial charge on any atom is -0.497 e. The largest absolute Gasteiger partial charge is 0.497 e. The summed E-state index contributed by atoms with van der Waals surface area (Å²) in [7, 11) is -3.74. The minimum atomic E-state index is -4.83. The van der Waals surface area contributed by atoms with Crippen LogP contribution in [0.2, 0.25) is 0 Å². The normalized spacial score (nSPS) is 14.2. The van der Waals surface area contributed by atoms with E-state index in [0.29, 0.717) is 50.2 Å². The number of nitrogen functional groups attached to an aromatic ring is 1. The van der Waals surface area contributed by atoms with Crippen LogP contribution in [0.15, 0.2) is 108 Å². The number of carbonyl (C=O) groups excluding carboxylic acids is 1. The van der Waals surface area contributed by atoms with Crippen LogP contribution in [0.3, 0.4) is 0 Å². The fraction of sp³-hybridized carbons (Fsp3) is 0.298. The van der Waals surface area contributed by atoms with Crippen molar-refractivity contribution in [1.29, 1.82) is 0 Å². The lowest BCUT2D eigenvalue weighted by molar-refractivity contribution is 0.0293. The molecule has 68 heavy (non-hydrogen) atoms. The highest BCUT2D eigenvalue weighted by molar-refractivity contribution is 7.89. The monoisotopic (exact) mass is 981 g/mol. The summed E-state index contributed by atoms with van der Waals surface area (Å²) in [6.07, 6.45) is -0.440. The molecule has 0 radical (unpaired) electrons. The van der Waals surface area contributed by atoms with Crippen molar-refractivity contribution in [1.82, 2.24) is 34.4 Å². The number of methoxy groups -OCH3 is 3. The molecule has 1 aliphatic rings. The first-order chi connectivity index (χ1) is 32.5. The first kappa shape index (κ1) is 47.7. The Balaban J connectivity index is 1.37. The van der Waals surface area contributed by atoms with Crippen LogP contribution in [0.1, 0.15) is 43.9 Å². The summed E-state index contributed by atoms with van der Waals surface area (Å²) in [6, 6.07) is 28.9. The Morgan fingerprint density at radius 3 is 1.99 bits per heavy atom. The van der Waals surface area contributed by atoms with Crippen molar-refractivity contribution in [2.75, 3.05) is 44.5 Å². The van der Waals surface area contributed by atoms with Crippen molar-refractivity contribution < 1.29 is 40.6 Å². The van der Waals surface area contributed by atoms with Crippen molar-refractivity contribution in [3.63, 3.8) is 0 Å². The Morgan fingerprint density at radius 1 is 0.838 bits per heavy atom. The van der Waals surface area contributed by atoms with E-state index in [1.54, 1.807) is 101 Å². The molecule has 1 saturated heterocycles. The molecule has 0 spiro atoms. The van der Waals surface area contributed by atoms with Crippen LogP contribution in [-0.4, -0.2) is 103 Å². The number of hydrogen-bond donors (Lipinski definition) is 2. The number of fused-ring (bicyclic) bond motifs is 1. The average Bonchev–Trinajstić information content (AvgIpc) is 4.09. The van der Waals surface area contributed by atoms with E-state index in [2.05, 4.69) is 15.3 Å². The number of anilines is 2. The van der Waals surface area contributed by atoms with Gasteiger partial charge in [0, 0.05) is 26.2 Å². The maximum atomic E-state index is 16.3. The number of rotatable bonds is 16. The summed E-state index contributed by atoms with van der Waals surface area (Å²) in [5, 5.41) is 14.0. The second kappa shape index (κ2) is 19.8. The molecular formula is C47H51N9O9S3. The van der Waals surface area contributed by atoms with Crippen LogP contribution in [-0.2, 0) is 45.3 Å². The molecule has 0 unspecified atom stereocenters. The Bertz CT molecular complexity index is 3060. The highest BCUT2D eigenvalue weighted by atomic mass is 32.2. The first-order valence-corrected chi connectivity index (χ1v) is 24.8. The molecule has 18 nitrogen and oxygen atoms in total. The second-order valence-electron chi connectivity index (χ2n) is 17.0. The van der Waals surface area contributed by atoms with Gasteiger partial charge in [-0.25, -0.2) is 26.6 Å². The third-order valence-electron chi connectivity index (χ3n) is 11.2. The molecule has 0 aliphatic carbocycles. The highest BCUT2D eigenvalue weighted by Gasteiger charge is 2.40. The Morgan fingerprint density at radius 2 is 1.43 bits per heavy atom. The number of ether oxygens (including phenoxy) is 4. The van der Waals surface area contributed by atoms with Gasteiger partial charge >= 0.3 is 6.09 Å². The van der Waals surface area contributed by atoms with Gasteiger partial charge in [-0.3, -0.25) is 4.31 Å². The number of carbonyl (C=O) groups is 1. The molecule has 1 atom stereocenters. The zero-order valence-electron chi connectivity index (χ0n) is 38.2. The predicted molar refractivity (Wildman–Crippen MR) is 260 cm³/mol. The van der Waals surface area contributed by atoms with Gasteiger partial charge in [0.2, 0.25) is 26.7 Å². The first-order valence-electron chi connectivity index (χ1n) is 21.5. The number of sulfonamides is 1. The van der Waals surface area contributed by atoms with Gasteiger partial charge in [-0.2, -0.15) is 9.10 Å². The van der Waals surface area contributed by atoms with E-state index >= 15 is 8.42 Å². The van der Waals surface area contributed by atoms with Crippen LogP contribution >= 0.6 is 11.3 Å². The van der Waals surface area contributed by atoms with Gasteiger partial charge in [-0.05, 0) is 115 Å². The van der Waals surface area contributed by atoms with Gasteiger partial charge in [0.15, 0.2) is 5.13 Å². The van der Waals surface area contributed by atoms with Crippen LogP contribution in [0.4, 0.5) is 15.6 Å². The molecule has 356 valence electrons. The lowest BCUT2D eigenvalue weighted by Crippen LogP contribution is -2.41. The predicted octanol–water partition coefficient (Wildman–Crippen LogP) is 7.01. The number of amides is 1. The maximum Gasteiger partial charge on any atom is 0.410 e. The smallest absolute Gasteiger partial charge is 0.410 e. The number of tetrazole rings is 1. The molecule has 7 aromatic rings. The van der Waals surface area contributed by atoms with E-state index in [-0.39, 0.29) is 56.2 Å². The van der Waals surface area contributed by atoms with Crippen molar-refractivity contribution in [3.8, 4) is 39.8 Å². The molecule has 21 heteroatoms. The summed E-state index contributed by atoms with van der Waals surface area (Å²) in [4.78, 5) is 20.2. The van der Waals surface area contributed by atoms with E-state index in [1.807, 2.05) is 24.3 Å². The average molecular weight is 982 g/mol. The standard InChI is InChI=1S/C47H51N9O9S3/c1-47(2,3)65-46(57)53-24-23-34(29-53)56(67(58)59)40-21-20-38(33-13-22-41-39(25-33)49-45(48)66-41)42(44-50-52-55(51-44)28-32-11-18-37(64-6)19-12-32)43(40)68(60,61)54(26-30-7-14-35(62-4)15-8-30)27-31-9-16-36(63-5)17-10-31/h7-22,25,34,67H,23-24,26-29H2,1-6H3,(H2,48,49)/t34-/m1/s1. The van der Waals surface area contributed by atoms with E-state index in [1.165, 1.54) is 45.6 Å². The zero-order chi connectivity index (χ0) is 48.3. The SMILES string of the molecule is COc1ccc(CN(Cc2ccc(OC)cc2)S(=O)(=O)c2c(N([C@@H]3CCN(C(=O)OC(C)(C)C)C3)[SH](=O)=O)ccc(-c3ccc4sc(N)nc4c3)c2-c2nnn(Cc3ccc(OC)cc3)n2)cc1. The van der Waals surface area contributed by atoms with Crippen molar-refractivity contribution in [3.05, 3.63) is 120 Å². The number of nitrogens with zero attached hydrogens (tertiary/aromatic N) is 8. The van der Waals surface area contributed by atoms with Gasteiger partial charge in [0.1, 0.15) is 27.7 Å². The fourth-order valence-corrected chi connectivity index (χ4v) is 11.3. The highest BCUT2D eigenvalue weighted by Crippen LogP contribution is 2.45. The molecule has 5 aromatic carbocycles. The summed E-state index contributed by atoms with van der Waals surface area (Å²) < 4.78 is 85.2. The van der Waals surface area contributed by atoms with Crippen LogP contribution in [0.25, 0.3) is 32.7 Å². The lowest BCUT2D eigenvalue weighted by atomic mass is 9.97. The van der Waals surface area contributed by atoms with E-state index in [0.717, 1.165) is 14.6 Å². The van der Waals surface area contributed by atoms with Crippen LogP contribution in [0.5, 0.6) is 17.2 Å². The van der Waals surface area contributed by atoms with Gasteiger partial charge in [-0.1, -0.05) is 59.9 Å². The molecule has 1 fully saturated rings. The molecular weight excluding hydrogens is 931 g/mol. The van der Waals surface area contributed by atoms with Gasteiger partial charge in [0.05, 0.1) is 55.4 Å². The number of hydrogen-bond acceptors (Lipinski definition) is 15.